The van der Waals surface area contributed by atoms with Crippen molar-refractivity contribution >= 4 is 11.7 Å². The predicted octanol–water partition coefficient (Wildman–Crippen LogP) is 2.66. The Morgan fingerprint density at radius 1 is 1.25 bits per heavy atom. The van der Waals surface area contributed by atoms with E-state index in [9.17, 15) is 4.79 Å². The largest absolute Gasteiger partial charge is 0.338 e. The Bertz CT molecular complexity index is 588. The van der Waals surface area contributed by atoms with Crippen molar-refractivity contribution in [2.24, 2.45) is 0 Å². The zero-order chi connectivity index (χ0) is 13.9. The van der Waals surface area contributed by atoms with Crippen molar-refractivity contribution < 1.29 is 9.32 Å². The summed E-state index contributed by atoms with van der Waals surface area (Å²) in [5, 5.41) is 3.98. The number of carbonyl (C=O) groups is 1. The fourth-order valence-corrected chi connectivity index (χ4v) is 2.41. The van der Waals surface area contributed by atoms with Crippen molar-refractivity contribution in [3.05, 3.63) is 41.8 Å². The minimum Gasteiger partial charge on any atom is -0.338 e. The second kappa shape index (κ2) is 5.45. The van der Waals surface area contributed by atoms with E-state index in [1.165, 1.54) is 0 Å². The average Bonchev–Trinajstić information content (AvgIpc) is 3.17. The molecule has 104 valence electrons. The number of Topliss-reactive ketones (excluding diaryl/α,β-unsaturated/α-hetero) is 1. The Balaban J connectivity index is 1.77. The first kappa shape index (κ1) is 12.8. The molecule has 20 heavy (non-hydrogen) atoms. The number of anilines is 1. The fourth-order valence-electron chi connectivity index (χ4n) is 2.41. The molecule has 0 N–H and O–H groups in total. The molecule has 1 aliphatic heterocycles. The van der Waals surface area contributed by atoms with Gasteiger partial charge in [0.2, 0.25) is 5.89 Å². The molecule has 2 aromatic rings. The number of hydrogen-bond donors (Lipinski definition) is 0. The summed E-state index contributed by atoms with van der Waals surface area (Å²) in [4.78, 5) is 18.8. The number of hydrogen-bond acceptors (Lipinski definition) is 5. The number of nitrogens with zero attached hydrogens (tertiary/aromatic N) is 3. The second-order valence-electron chi connectivity index (χ2n) is 5.08. The van der Waals surface area contributed by atoms with Gasteiger partial charge < -0.3 is 9.42 Å². The lowest BCUT2D eigenvalue weighted by atomic mass is 9.99. The molecule has 0 aliphatic carbocycles. The first-order valence-corrected chi connectivity index (χ1v) is 6.93. The normalized spacial score (nSPS) is 16.4. The van der Waals surface area contributed by atoms with E-state index in [0.29, 0.717) is 17.4 Å². The molecular weight excluding hydrogens is 254 g/mol. The highest BCUT2D eigenvalue weighted by atomic mass is 16.5. The highest BCUT2D eigenvalue weighted by Gasteiger charge is 2.25. The van der Waals surface area contributed by atoms with E-state index in [4.69, 9.17) is 4.52 Å². The van der Waals surface area contributed by atoms with E-state index in [-0.39, 0.29) is 5.78 Å². The lowest BCUT2D eigenvalue weighted by molar-refractivity contribution is 0.0951. The molecule has 1 atom stereocenters. The van der Waals surface area contributed by atoms with E-state index in [1.54, 1.807) is 19.1 Å². The molecule has 3 rings (SSSR count). The molecule has 0 spiro atoms. The van der Waals surface area contributed by atoms with Crippen LogP contribution in [0.3, 0.4) is 0 Å². The summed E-state index contributed by atoms with van der Waals surface area (Å²) in [5.41, 5.74) is 0.668. The number of ketones is 1. The Kier molecular flexibility index (Phi) is 3.50. The van der Waals surface area contributed by atoms with Crippen LogP contribution in [0.25, 0.3) is 0 Å². The van der Waals surface area contributed by atoms with Crippen LogP contribution in [0.15, 0.2) is 34.9 Å². The van der Waals surface area contributed by atoms with Crippen molar-refractivity contribution in [3.8, 4) is 0 Å². The lowest BCUT2D eigenvalue weighted by Gasteiger charge is -2.10. The number of carbonyl (C=O) groups excluding carboxylic acids is 1. The SMILES string of the molecule is CC(C(=O)c1ccccc1)c1nc(N2CCCC2)no1. The third kappa shape index (κ3) is 2.43. The highest BCUT2D eigenvalue weighted by molar-refractivity contribution is 6.00. The van der Waals surface area contributed by atoms with Crippen LogP contribution in [0.4, 0.5) is 5.95 Å². The highest BCUT2D eigenvalue weighted by Crippen LogP contribution is 2.22. The van der Waals surface area contributed by atoms with Gasteiger partial charge in [-0.3, -0.25) is 4.79 Å². The molecule has 5 nitrogen and oxygen atoms in total. The molecule has 2 heterocycles. The van der Waals surface area contributed by atoms with Gasteiger partial charge in [-0.15, -0.1) is 0 Å². The summed E-state index contributed by atoms with van der Waals surface area (Å²) in [6, 6.07) is 9.19. The zero-order valence-corrected chi connectivity index (χ0v) is 11.5. The van der Waals surface area contributed by atoms with Crippen molar-refractivity contribution in [3.63, 3.8) is 0 Å². The number of benzene rings is 1. The number of rotatable bonds is 4. The van der Waals surface area contributed by atoms with Crippen LogP contribution in [0, 0.1) is 0 Å². The van der Waals surface area contributed by atoms with Crippen LogP contribution in [0.2, 0.25) is 0 Å². The van der Waals surface area contributed by atoms with Gasteiger partial charge in [-0.25, -0.2) is 0 Å². The summed E-state index contributed by atoms with van der Waals surface area (Å²) in [5.74, 6) is 0.578. The minimum atomic E-state index is -0.416. The molecule has 1 aromatic carbocycles. The van der Waals surface area contributed by atoms with Gasteiger partial charge >= 0.3 is 0 Å². The minimum absolute atomic E-state index is 0.00206. The maximum absolute atomic E-state index is 12.3. The molecule has 0 radical (unpaired) electrons. The Labute approximate surface area is 117 Å². The summed E-state index contributed by atoms with van der Waals surface area (Å²) in [7, 11) is 0. The van der Waals surface area contributed by atoms with Crippen LogP contribution in [0.1, 0.15) is 41.9 Å². The molecule has 1 aromatic heterocycles. The topological polar surface area (TPSA) is 59.2 Å². The zero-order valence-electron chi connectivity index (χ0n) is 11.5. The summed E-state index contributed by atoms with van der Waals surface area (Å²) >= 11 is 0. The van der Waals surface area contributed by atoms with Gasteiger partial charge in [-0.1, -0.05) is 30.3 Å². The van der Waals surface area contributed by atoms with Crippen LogP contribution in [-0.4, -0.2) is 29.0 Å². The third-order valence-corrected chi connectivity index (χ3v) is 3.64. The van der Waals surface area contributed by atoms with E-state index in [2.05, 4.69) is 15.0 Å². The molecule has 0 amide bonds. The first-order chi connectivity index (χ1) is 9.75. The molecule has 0 saturated carbocycles. The monoisotopic (exact) mass is 271 g/mol. The summed E-state index contributed by atoms with van der Waals surface area (Å²) in [6.07, 6.45) is 2.31. The third-order valence-electron chi connectivity index (χ3n) is 3.64. The Morgan fingerprint density at radius 2 is 1.95 bits per heavy atom. The molecule has 1 unspecified atom stereocenters. The smallest absolute Gasteiger partial charge is 0.266 e. The van der Waals surface area contributed by atoms with E-state index >= 15 is 0 Å². The van der Waals surface area contributed by atoms with Gasteiger partial charge in [-0.05, 0) is 24.9 Å². The quantitative estimate of drug-likeness (QED) is 0.800. The van der Waals surface area contributed by atoms with E-state index < -0.39 is 5.92 Å². The van der Waals surface area contributed by atoms with Crippen LogP contribution in [-0.2, 0) is 0 Å². The maximum Gasteiger partial charge on any atom is 0.266 e. The van der Waals surface area contributed by atoms with Gasteiger partial charge in [-0.2, -0.15) is 4.98 Å². The van der Waals surface area contributed by atoms with E-state index in [1.807, 2.05) is 18.2 Å². The molecule has 5 heteroatoms. The molecular formula is C15H17N3O2. The fraction of sp³-hybridized carbons (Fsp3) is 0.400. The molecule has 1 aliphatic rings. The molecule has 1 saturated heterocycles. The van der Waals surface area contributed by atoms with Crippen molar-refractivity contribution in [2.75, 3.05) is 18.0 Å². The van der Waals surface area contributed by atoms with Crippen molar-refractivity contribution in [2.45, 2.75) is 25.7 Å². The maximum atomic E-state index is 12.3. The average molecular weight is 271 g/mol. The summed E-state index contributed by atoms with van der Waals surface area (Å²) < 4.78 is 5.26. The van der Waals surface area contributed by atoms with Crippen LogP contribution in [0.5, 0.6) is 0 Å². The first-order valence-electron chi connectivity index (χ1n) is 6.93. The van der Waals surface area contributed by atoms with Crippen LogP contribution < -0.4 is 4.90 Å². The Hall–Kier alpha value is -2.17. The molecule has 0 bridgehead atoms. The van der Waals surface area contributed by atoms with Crippen molar-refractivity contribution in [1.82, 2.24) is 10.1 Å². The van der Waals surface area contributed by atoms with Crippen LogP contribution >= 0.6 is 0 Å². The van der Waals surface area contributed by atoms with Gasteiger partial charge in [0.1, 0.15) is 0 Å². The Morgan fingerprint density at radius 3 is 2.65 bits per heavy atom. The van der Waals surface area contributed by atoms with Gasteiger partial charge in [0.05, 0.1) is 5.92 Å². The summed E-state index contributed by atoms with van der Waals surface area (Å²) in [6.45, 7) is 3.72. The van der Waals surface area contributed by atoms with E-state index in [0.717, 1.165) is 25.9 Å². The predicted molar refractivity (Wildman–Crippen MR) is 74.9 cm³/mol. The van der Waals surface area contributed by atoms with Crippen molar-refractivity contribution in [1.29, 1.82) is 0 Å². The lowest BCUT2D eigenvalue weighted by Crippen LogP contribution is -2.19. The van der Waals surface area contributed by atoms with Gasteiger partial charge in [0.15, 0.2) is 5.78 Å². The number of aromatic nitrogens is 2. The van der Waals surface area contributed by atoms with Gasteiger partial charge in [0.25, 0.3) is 5.95 Å². The van der Waals surface area contributed by atoms with Gasteiger partial charge in [0, 0.05) is 18.7 Å². The standard InChI is InChI=1S/C15H17N3O2/c1-11(13(19)12-7-3-2-4-8-12)14-16-15(17-20-14)18-9-5-6-10-18/h2-4,7-8,11H,5-6,9-10H2,1H3. The second-order valence-corrected chi connectivity index (χ2v) is 5.08. The molecule has 1 fully saturated rings.